The van der Waals surface area contributed by atoms with E-state index in [0.717, 1.165) is 0 Å². The van der Waals surface area contributed by atoms with Gasteiger partial charge in [-0.25, -0.2) is 0 Å². The van der Waals surface area contributed by atoms with E-state index >= 15 is 0 Å². The van der Waals surface area contributed by atoms with Gasteiger partial charge >= 0.3 is 0 Å². The van der Waals surface area contributed by atoms with Crippen molar-refractivity contribution < 1.29 is 0 Å². The summed E-state index contributed by atoms with van der Waals surface area (Å²) in [5.41, 5.74) is 13.4. The van der Waals surface area contributed by atoms with Crippen molar-refractivity contribution in [3.8, 4) is 11.1 Å². The molecule has 0 heteroatoms. The van der Waals surface area contributed by atoms with Crippen LogP contribution in [0.5, 0.6) is 0 Å². The molecule has 0 radical (unpaired) electrons. The summed E-state index contributed by atoms with van der Waals surface area (Å²) in [6, 6.07) is 31.8. The number of rotatable bonds is 5. The molecular formula is C44H54. The van der Waals surface area contributed by atoms with Gasteiger partial charge in [0.25, 0.3) is 0 Å². The molecule has 4 aromatic rings. The zero-order chi connectivity index (χ0) is 32.5. The van der Waals surface area contributed by atoms with Gasteiger partial charge in [-0.2, -0.15) is 0 Å². The molecule has 0 spiro atoms. The molecule has 0 aliphatic rings. The fraction of sp³-hybridized carbons (Fsp3) is 0.364. The number of hydrogen-bond donors (Lipinski definition) is 0. The average molecular weight is 583 g/mol. The SMILES string of the molecule is CC(C)(C)c1cc(/C=C/c2ccc(-c3ccc(/C=C/c4cc(C(C)(C)C)cc(C(C)(C)C)c4)cc3)cc2)cc(C(C)(C)C)c1. The lowest BCUT2D eigenvalue weighted by Gasteiger charge is -2.25. The Morgan fingerprint density at radius 2 is 0.523 bits per heavy atom. The second kappa shape index (κ2) is 12.4. The van der Waals surface area contributed by atoms with Crippen molar-refractivity contribution in [2.45, 2.75) is 105 Å². The minimum Gasteiger partial charge on any atom is -0.0561 e. The van der Waals surface area contributed by atoms with E-state index in [4.69, 9.17) is 0 Å². The van der Waals surface area contributed by atoms with Crippen molar-refractivity contribution in [3.05, 3.63) is 129 Å². The molecule has 0 N–H and O–H groups in total. The van der Waals surface area contributed by atoms with Crippen molar-refractivity contribution in [2.24, 2.45) is 0 Å². The van der Waals surface area contributed by atoms with Crippen LogP contribution in [0.3, 0.4) is 0 Å². The molecule has 0 aromatic heterocycles. The molecule has 0 atom stereocenters. The highest BCUT2D eigenvalue weighted by Crippen LogP contribution is 2.32. The minimum absolute atomic E-state index is 0.115. The quantitative estimate of drug-likeness (QED) is 0.205. The highest BCUT2D eigenvalue weighted by Gasteiger charge is 2.21. The van der Waals surface area contributed by atoms with E-state index < -0.39 is 0 Å². The molecular weight excluding hydrogens is 528 g/mol. The lowest BCUT2D eigenvalue weighted by atomic mass is 9.79. The van der Waals surface area contributed by atoms with Crippen LogP contribution in [0.25, 0.3) is 35.4 Å². The zero-order valence-corrected chi connectivity index (χ0v) is 29.4. The lowest BCUT2D eigenvalue weighted by molar-refractivity contribution is 0.568. The van der Waals surface area contributed by atoms with Gasteiger partial charge in [0.2, 0.25) is 0 Å². The largest absolute Gasteiger partial charge is 0.0561 e. The van der Waals surface area contributed by atoms with E-state index in [1.54, 1.807) is 0 Å². The average Bonchev–Trinajstić information content (AvgIpc) is 2.93. The molecule has 230 valence electrons. The highest BCUT2D eigenvalue weighted by atomic mass is 14.3. The van der Waals surface area contributed by atoms with Gasteiger partial charge in [-0.15, -0.1) is 0 Å². The van der Waals surface area contributed by atoms with Crippen LogP contribution in [0.1, 0.15) is 128 Å². The third-order valence-corrected chi connectivity index (χ3v) is 8.47. The summed E-state index contributed by atoms with van der Waals surface area (Å²) in [7, 11) is 0. The van der Waals surface area contributed by atoms with Crippen LogP contribution in [0, 0.1) is 0 Å². The summed E-state index contributed by atoms with van der Waals surface area (Å²) in [5, 5.41) is 0. The Kier molecular flexibility index (Phi) is 9.37. The predicted octanol–water partition coefficient (Wildman–Crippen LogP) is 12.9. The Morgan fingerprint density at radius 3 is 0.750 bits per heavy atom. The van der Waals surface area contributed by atoms with E-state index in [-0.39, 0.29) is 21.7 Å². The van der Waals surface area contributed by atoms with E-state index in [1.165, 1.54) is 55.6 Å². The van der Waals surface area contributed by atoms with Crippen LogP contribution < -0.4 is 0 Å². The molecule has 0 heterocycles. The summed E-state index contributed by atoms with van der Waals surface area (Å²) in [4.78, 5) is 0. The second-order valence-electron chi connectivity index (χ2n) is 16.6. The third kappa shape index (κ3) is 8.72. The van der Waals surface area contributed by atoms with Crippen molar-refractivity contribution in [3.63, 3.8) is 0 Å². The molecule has 0 aliphatic heterocycles. The second-order valence-corrected chi connectivity index (χ2v) is 16.6. The molecule has 44 heavy (non-hydrogen) atoms. The van der Waals surface area contributed by atoms with Gasteiger partial charge in [0, 0.05) is 0 Å². The number of benzene rings is 4. The molecule has 0 fully saturated rings. The van der Waals surface area contributed by atoms with Gasteiger partial charge in [0.05, 0.1) is 0 Å². The van der Waals surface area contributed by atoms with Crippen LogP contribution >= 0.6 is 0 Å². The maximum Gasteiger partial charge on any atom is -0.0132 e. The Balaban J connectivity index is 1.51. The van der Waals surface area contributed by atoms with Gasteiger partial charge in [-0.3, -0.25) is 0 Å². The molecule has 0 aliphatic carbocycles. The molecule has 0 amide bonds. The summed E-state index contributed by atoms with van der Waals surface area (Å²) in [5.74, 6) is 0. The van der Waals surface area contributed by atoms with Crippen molar-refractivity contribution in [2.75, 3.05) is 0 Å². The summed E-state index contributed by atoms with van der Waals surface area (Å²) in [6.45, 7) is 27.5. The molecule has 0 nitrogen and oxygen atoms in total. The minimum atomic E-state index is 0.115. The smallest absolute Gasteiger partial charge is 0.0132 e. The third-order valence-electron chi connectivity index (χ3n) is 8.47. The molecule has 0 unspecified atom stereocenters. The van der Waals surface area contributed by atoms with E-state index in [2.05, 4.69) is 192 Å². The Bertz CT molecular complexity index is 1440. The van der Waals surface area contributed by atoms with Crippen molar-refractivity contribution in [1.82, 2.24) is 0 Å². The summed E-state index contributed by atoms with van der Waals surface area (Å²) < 4.78 is 0. The summed E-state index contributed by atoms with van der Waals surface area (Å²) >= 11 is 0. The highest BCUT2D eigenvalue weighted by molar-refractivity contribution is 5.75. The molecule has 0 bridgehead atoms. The van der Waals surface area contributed by atoms with Crippen LogP contribution in [-0.4, -0.2) is 0 Å². The van der Waals surface area contributed by atoms with Crippen LogP contribution in [-0.2, 0) is 21.7 Å². The Morgan fingerprint density at radius 1 is 0.295 bits per heavy atom. The molecule has 4 rings (SSSR count). The molecule has 0 saturated heterocycles. The molecule has 0 saturated carbocycles. The Labute approximate surface area is 269 Å². The van der Waals surface area contributed by atoms with Gasteiger partial charge in [-0.05, 0) is 77.3 Å². The van der Waals surface area contributed by atoms with Crippen molar-refractivity contribution >= 4 is 24.3 Å². The van der Waals surface area contributed by atoms with E-state index in [9.17, 15) is 0 Å². The topological polar surface area (TPSA) is 0 Å². The van der Waals surface area contributed by atoms with Gasteiger partial charge in [0.1, 0.15) is 0 Å². The fourth-order valence-electron chi connectivity index (χ4n) is 5.19. The maximum absolute atomic E-state index is 2.38. The number of hydrogen-bond acceptors (Lipinski definition) is 0. The standard InChI is InChI=1S/C44H54/c1-41(2,3)37-25-33(26-38(29-37)42(4,5)6)15-13-31-17-21-35(22-18-31)36-23-19-32(20-24-36)14-16-34-27-39(43(7,8)9)30-40(28-34)44(10,11)12/h13-30H,1-12H3/b15-13+,16-14+. The first-order valence-electron chi connectivity index (χ1n) is 16.2. The first-order chi connectivity index (χ1) is 20.3. The van der Waals surface area contributed by atoms with Crippen LogP contribution in [0.15, 0.2) is 84.9 Å². The van der Waals surface area contributed by atoms with Gasteiger partial charge < -0.3 is 0 Å². The molecule has 4 aromatic carbocycles. The van der Waals surface area contributed by atoms with Crippen molar-refractivity contribution in [1.29, 1.82) is 0 Å². The Hall–Kier alpha value is -3.64. The first-order valence-corrected chi connectivity index (χ1v) is 16.2. The van der Waals surface area contributed by atoms with Gasteiger partial charge in [0.15, 0.2) is 0 Å². The normalized spacial score (nSPS) is 13.3. The summed E-state index contributed by atoms with van der Waals surface area (Å²) in [6.07, 6.45) is 8.96. The maximum atomic E-state index is 2.38. The fourth-order valence-corrected chi connectivity index (χ4v) is 5.19. The first kappa shape index (κ1) is 33.3. The lowest BCUT2D eigenvalue weighted by Crippen LogP contribution is -2.16. The zero-order valence-electron chi connectivity index (χ0n) is 29.4. The van der Waals surface area contributed by atoms with Gasteiger partial charge in [-0.1, -0.05) is 192 Å². The van der Waals surface area contributed by atoms with E-state index in [0.29, 0.717) is 0 Å². The van der Waals surface area contributed by atoms with Crippen LogP contribution in [0.4, 0.5) is 0 Å². The monoisotopic (exact) mass is 582 g/mol. The predicted molar refractivity (Wildman–Crippen MR) is 197 cm³/mol. The van der Waals surface area contributed by atoms with Crippen LogP contribution in [0.2, 0.25) is 0 Å². The van der Waals surface area contributed by atoms with E-state index in [1.807, 2.05) is 0 Å².